The zero-order valence-corrected chi connectivity index (χ0v) is 12.4. The minimum atomic E-state index is -0.404. The van der Waals surface area contributed by atoms with E-state index >= 15 is 0 Å². The smallest absolute Gasteiger partial charge is 0.258 e. The predicted molar refractivity (Wildman–Crippen MR) is 90.1 cm³/mol. The van der Waals surface area contributed by atoms with Crippen molar-refractivity contribution in [3.05, 3.63) is 96.1 Å². The van der Waals surface area contributed by atoms with Crippen molar-refractivity contribution < 1.29 is 9.59 Å². The molecule has 3 aromatic rings. The van der Waals surface area contributed by atoms with E-state index in [0.717, 1.165) is 11.1 Å². The van der Waals surface area contributed by atoms with Gasteiger partial charge in [-0.25, -0.2) is 0 Å². The highest BCUT2D eigenvalue weighted by molar-refractivity contribution is 6.12. The lowest BCUT2D eigenvalue weighted by atomic mass is 9.99. The zero-order chi connectivity index (χ0) is 16.1. The van der Waals surface area contributed by atoms with Crippen molar-refractivity contribution in [2.24, 2.45) is 0 Å². The molecule has 3 heteroatoms. The summed E-state index contributed by atoms with van der Waals surface area (Å²) in [6.07, 6.45) is 0. The van der Waals surface area contributed by atoms with Crippen LogP contribution >= 0.6 is 0 Å². The van der Waals surface area contributed by atoms with E-state index in [9.17, 15) is 9.59 Å². The van der Waals surface area contributed by atoms with Gasteiger partial charge >= 0.3 is 0 Å². The number of nitrogens with one attached hydrogen (secondary N) is 1. The van der Waals surface area contributed by atoms with Gasteiger partial charge in [-0.2, -0.15) is 0 Å². The van der Waals surface area contributed by atoms with E-state index < -0.39 is 11.8 Å². The van der Waals surface area contributed by atoms with Crippen molar-refractivity contribution >= 4 is 11.8 Å². The van der Waals surface area contributed by atoms with E-state index in [1.165, 1.54) is 0 Å². The molecule has 3 aromatic carbocycles. The molecule has 0 fully saturated rings. The van der Waals surface area contributed by atoms with Crippen LogP contribution in [0.4, 0.5) is 0 Å². The van der Waals surface area contributed by atoms with Crippen LogP contribution in [0.1, 0.15) is 20.7 Å². The Morgan fingerprint density at radius 1 is 0.609 bits per heavy atom. The Morgan fingerprint density at radius 3 is 1.87 bits per heavy atom. The first-order chi connectivity index (χ1) is 11.3. The first-order valence-corrected chi connectivity index (χ1v) is 7.31. The van der Waals surface area contributed by atoms with Gasteiger partial charge in [0, 0.05) is 11.1 Å². The Hall–Kier alpha value is -3.20. The van der Waals surface area contributed by atoms with E-state index in [1.54, 1.807) is 36.4 Å². The molecule has 3 nitrogen and oxygen atoms in total. The normalized spacial score (nSPS) is 10.1. The fourth-order valence-corrected chi connectivity index (χ4v) is 2.38. The molecule has 0 radical (unpaired) electrons. The topological polar surface area (TPSA) is 46.2 Å². The minimum absolute atomic E-state index is 0.404. The lowest BCUT2D eigenvalue weighted by molar-refractivity contribution is 0.0849. The summed E-state index contributed by atoms with van der Waals surface area (Å²) in [7, 11) is 0. The van der Waals surface area contributed by atoms with Crippen LogP contribution in [0.25, 0.3) is 11.1 Å². The van der Waals surface area contributed by atoms with Crippen LogP contribution in [0.3, 0.4) is 0 Å². The second-order valence-corrected chi connectivity index (χ2v) is 5.06. The summed E-state index contributed by atoms with van der Waals surface area (Å²) in [5, 5.41) is 2.44. The van der Waals surface area contributed by atoms with E-state index in [1.807, 2.05) is 48.5 Å². The number of benzene rings is 3. The molecule has 0 bridgehead atoms. The summed E-state index contributed by atoms with van der Waals surface area (Å²) >= 11 is 0. The van der Waals surface area contributed by atoms with Gasteiger partial charge in [0.05, 0.1) is 0 Å². The molecule has 0 heterocycles. The van der Waals surface area contributed by atoms with Gasteiger partial charge < -0.3 is 0 Å². The van der Waals surface area contributed by atoms with Gasteiger partial charge in [-0.05, 0) is 29.3 Å². The van der Waals surface area contributed by atoms with Crippen molar-refractivity contribution in [1.82, 2.24) is 5.32 Å². The average molecular weight is 301 g/mol. The molecular formula is C20H15NO2. The van der Waals surface area contributed by atoms with Crippen molar-refractivity contribution in [3.8, 4) is 11.1 Å². The molecule has 0 aliphatic rings. The Kier molecular flexibility index (Phi) is 4.29. The molecule has 3 rings (SSSR count). The molecule has 0 spiro atoms. The molecule has 112 valence electrons. The van der Waals surface area contributed by atoms with Gasteiger partial charge in [-0.1, -0.05) is 66.7 Å². The number of hydrogen-bond donors (Lipinski definition) is 1. The maximum atomic E-state index is 12.5. The molecule has 0 saturated carbocycles. The fraction of sp³-hybridized carbons (Fsp3) is 0. The monoisotopic (exact) mass is 301 g/mol. The maximum absolute atomic E-state index is 12.5. The van der Waals surface area contributed by atoms with Gasteiger partial charge in [0.1, 0.15) is 0 Å². The molecule has 23 heavy (non-hydrogen) atoms. The van der Waals surface area contributed by atoms with E-state index in [2.05, 4.69) is 5.32 Å². The number of imide groups is 1. The summed E-state index contributed by atoms with van der Waals surface area (Å²) in [4.78, 5) is 24.6. The van der Waals surface area contributed by atoms with Crippen molar-refractivity contribution in [2.75, 3.05) is 0 Å². The molecule has 0 aliphatic heterocycles. The number of rotatable bonds is 3. The summed E-state index contributed by atoms with van der Waals surface area (Å²) in [6, 6.07) is 25.6. The Balaban J connectivity index is 1.88. The Labute approximate surface area is 134 Å². The van der Waals surface area contributed by atoms with Crippen molar-refractivity contribution in [2.45, 2.75) is 0 Å². The predicted octanol–water partition coefficient (Wildman–Crippen LogP) is 3.92. The van der Waals surface area contributed by atoms with E-state index in [-0.39, 0.29) is 0 Å². The average Bonchev–Trinajstić information content (AvgIpc) is 2.63. The quantitative estimate of drug-likeness (QED) is 0.745. The number of hydrogen-bond acceptors (Lipinski definition) is 2. The first-order valence-electron chi connectivity index (χ1n) is 7.31. The highest BCUT2D eigenvalue weighted by atomic mass is 16.2. The Bertz CT molecular complexity index is 827. The van der Waals surface area contributed by atoms with Crippen LogP contribution in [0.2, 0.25) is 0 Å². The fourth-order valence-electron chi connectivity index (χ4n) is 2.38. The largest absolute Gasteiger partial charge is 0.288 e. The summed E-state index contributed by atoms with van der Waals surface area (Å²) in [5.74, 6) is -0.809. The van der Waals surface area contributed by atoms with Crippen molar-refractivity contribution in [3.63, 3.8) is 0 Å². The third-order valence-corrected chi connectivity index (χ3v) is 3.52. The molecule has 0 aromatic heterocycles. The van der Waals surface area contributed by atoms with Crippen LogP contribution in [0.5, 0.6) is 0 Å². The Morgan fingerprint density at radius 2 is 1.17 bits per heavy atom. The summed E-state index contributed by atoms with van der Waals surface area (Å²) < 4.78 is 0. The molecule has 1 N–H and O–H groups in total. The van der Waals surface area contributed by atoms with Crippen LogP contribution < -0.4 is 5.32 Å². The first kappa shape index (κ1) is 14.7. The SMILES string of the molecule is O=C(NC(=O)c1ccccc1-c1ccccc1)c1ccccc1. The number of carbonyl (C=O) groups excluding carboxylic acids is 2. The lowest BCUT2D eigenvalue weighted by Crippen LogP contribution is -2.30. The van der Waals surface area contributed by atoms with Gasteiger partial charge in [-0.15, -0.1) is 0 Å². The second-order valence-electron chi connectivity index (χ2n) is 5.06. The number of carbonyl (C=O) groups is 2. The van der Waals surface area contributed by atoms with Gasteiger partial charge in [0.2, 0.25) is 0 Å². The lowest BCUT2D eigenvalue weighted by Gasteiger charge is -2.09. The van der Waals surface area contributed by atoms with Crippen LogP contribution in [-0.4, -0.2) is 11.8 Å². The second kappa shape index (κ2) is 6.71. The highest BCUT2D eigenvalue weighted by Gasteiger charge is 2.15. The number of amides is 2. The standard InChI is InChI=1S/C20H15NO2/c22-19(16-11-5-2-6-12-16)21-20(23)18-14-8-7-13-17(18)15-9-3-1-4-10-15/h1-14H,(H,21,22,23). The van der Waals surface area contributed by atoms with Gasteiger partial charge in [-0.3, -0.25) is 14.9 Å². The maximum Gasteiger partial charge on any atom is 0.258 e. The molecule has 2 amide bonds. The molecule has 0 saturated heterocycles. The molecule has 0 atom stereocenters. The minimum Gasteiger partial charge on any atom is -0.288 e. The van der Waals surface area contributed by atoms with Crippen LogP contribution in [0.15, 0.2) is 84.9 Å². The third-order valence-electron chi connectivity index (χ3n) is 3.52. The summed E-state index contributed by atoms with van der Waals surface area (Å²) in [5.41, 5.74) is 2.66. The van der Waals surface area contributed by atoms with Gasteiger partial charge in [0.25, 0.3) is 11.8 Å². The summed E-state index contributed by atoms with van der Waals surface area (Å²) in [6.45, 7) is 0. The van der Waals surface area contributed by atoms with Crippen molar-refractivity contribution in [1.29, 1.82) is 0 Å². The zero-order valence-electron chi connectivity index (χ0n) is 12.4. The molecule has 0 unspecified atom stereocenters. The molecular weight excluding hydrogens is 286 g/mol. The third kappa shape index (κ3) is 3.35. The van der Waals surface area contributed by atoms with E-state index in [0.29, 0.717) is 11.1 Å². The molecule has 0 aliphatic carbocycles. The van der Waals surface area contributed by atoms with E-state index in [4.69, 9.17) is 0 Å². The highest BCUT2D eigenvalue weighted by Crippen LogP contribution is 2.23. The van der Waals surface area contributed by atoms with Crippen LogP contribution in [0, 0.1) is 0 Å². The van der Waals surface area contributed by atoms with Crippen LogP contribution in [-0.2, 0) is 0 Å². The van der Waals surface area contributed by atoms with Gasteiger partial charge in [0.15, 0.2) is 0 Å².